The number of carbonyl (C=O) groups excluding carboxylic acids is 1. The van der Waals surface area contributed by atoms with E-state index in [2.05, 4.69) is 20.7 Å². The zero-order chi connectivity index (χ0) is 24.2. The van der Waals surface area contributed by atoms with E-state index in [1.807, 2.05) is 83.5 Å². The first-order valence-electron chi connectivity index (χ1n) is 11.6. The van der Waals surface area contributed by atoms with Crippen LogP contribution in [0.1, 0.15) is 41.6 Å². The Bertz CT molecular complexity index is 1310. The van der Waals surface area contributed by atoms with E-state index in [9.17, 15) is 4.79 Å². The van der Waals surface area contributed by atoms with Gasteiger partial charge in [0.05, 0.1) is 19.2 Å². The molecule has 2 heterocycles. The van der Waals surface area contributed by atoms with Crippen LogP contribution in [0.15, 0.2) is 78.9 Å². The van der Waals surface area contributed by atoms with Crippen LogP contribution < -0.4 is 15.4 Å². The van der Waals surface area contributed by atoms with Crippen molar-refractivity contribution in [3.8, 4) is 5.75 Å². The molecule has 1 amide bonds. The second kappa shape index (κ2) is 10.2. The first kappa shape index (κ1) is 22.9. The standard InChI is InChI=1S/C27H26ClN5O2/c1-35-20-14-12-19(13-15-20)23-17-24(21-9-5-6-10-22(21)28)33-27(29-23)31-26(32-33)30-25(34)16-11-18-7-3-2-4-8-18/h2-10,12-15,23-24H,11,16-17H2,1H3,(H2,29,30,31,32,34)/t23-,24-/m0/s1. The van der Waals surface area contributed by atoms with Crippen LogP contribution in [0.4, 0.5) is 11.9 Å². The average molecular weight is 488 g/mol. The highest BCUT2D eigenvalue weighted by Gasteiger charge is 2.32. The Morgan fingerprint density at radius 2 is 1.83 bits per heavy atom. The molecule has 1 aromatic heterocycles. The zero-order valence-corrected chi connectivity index (χ0v) is 20.1. The van der Waals surface area contributed by atoms with Crippen LogP contribution in [0, 0.1) is 0 Å². The zero-order valence-electron chi connectivity index (χ0n) is 19.3. The molecule has 8 heteroatoms. The number of hydrogen-bond donors (Lipinski definition) is 2. The van der Waals surface area contributed by atoms with E-state index < -0.39 is 0 Å². The van der Waals surface area contributed by atoms with Gasteiger partial charge in [-0.1, -0.05) is 72.3 Å². The molecule has 0 fully saturated rings. The molecule has 0 unspecified atom stereocenters. The molecule has 0 spiro atoms. The maximum absolute atomic E-state index is 12.6. The molecule has 35 heavy (non-hydrogen) atoms. The molecule has 5 rings (SSSR count). The number of nitrogens with one attached hydrogen (secondary N) is 2. The summed E-state index contributed by atoms with van der Waals surface area (Å²) in [5, 5.41) is 11.6. The Labute approximate surface area is 209 Å². The highest BCUT2D eigenvalue weighted by Crippen LogP contribution is 2.40. The maximum Gasteiger partial charge on any atom is 0.250 e. The van der Waals surface area contributed by atoms with E-state index in [1.165, 1.54) is 0 Å². The first-order valence-corrected chi connectivity index (χ1v) is 11.9. The molecular formula is C27H26ClN5O2. The van der Waals surface area contributed by atoms with Crippen molar-refractivity contribution in [2.45, 2.75) is 31.3 Å². The Morgan fingerprint density at radius 1 is 1.09 bits per heavy atom. The Kier molecular flexibility index (Phi) is 6.68. The molecule has 7 nitrogen and oxygen atoms in total. The first-order chi connectivity index (χ1) is 17.1. The van der Waals surface area contributed by atoms with Crippen molar-refractivity contribution in [2.24, 2.45) is 0 Å². The van der Waals surface area contributed by atoms with Gasteiger partial charge in [0.15, 0.2) is 0 Å². The van der Waals surface area contributed by atoms with Gasteiger partial charge in [0.25, 0.3) is 5.95 Å². The maximum atomic E-state index is 12.6. The Balaban J connectivity index is 1.39. The molecule has 0 saturated carbocycles. The molecule has 0 aliphatic carbocycles. The number of nitrogens with zero attached hydrogens (tertiary/aromatic N) is 3. The minimum Gasteiger partial charge on any atom is -0.497 e. The van der Waals surface area contributed by atoms with Crippen LogP contribution in [0.5, 0.6) is 5.75 Å². The van der Waals surface area contributed by atoms with Crippen LogP contribution in [-0.4, -0.2) is 27.8 Å². The smallest absolute Gasteiger partial charge is 0.250 e. The van der Waals surface area contributed by atoms with Gasteiger partial charge in [0.1, 0.15) is 5.75 Å². The van der Waals surface area contributed by atoms with Gasteiger partial charge in [0, 0.05) is 11.4 Å². The third-order valence-electron chi connectivity index (χ3n) is 6.21. The monoisotopic (exact) mass is 487 g/mol. The van der Waals surface area contributed by atoms with Gasteiger partial charge in [-0.25, -0.2) is 4.68 Å². The SMILES string of the molecule is COc1ccc([C@@H]2C[C@@H](c3ccccc3Cl)n3nc(NC(=O)CCc4ccccc4)nc3N2)cc1. The summed E-state index contributed by atoms with van der Waals surface area (Å²) < 4.78 is 7.12. The van der Waals surface area contributed by atoms with Gasteiger partial charge in [0.2, 0.25) is 11.9 Å². The number of amides is 1. The summed E-state index contributed by atoms with van der Waals surface area (Å²) in [6, 6.07) is 25.5. The van der Waals surface area contributed by atoms with Gasteiger partial charge < -0.3 is 10.1 Å². The molecule has 178 valence electrons. The van der Waals surface area contributed by atoms with E-state index in [0.29, 0.717) is 30.2 Å². The van der Waals surface area contributed by atoms with Crippen LogP contribution in [-0.2, 0) is 11.2 Å². The van der Waals surface area contributed by atoms with Gasteiger partial charge in [-0.3, -0.25) is 10.1 Å². The average Bonchev–Trinajstić information content (AvgIpc) is 3.30. The Hall–Kier alpha value is -3.84. The molecule has 0 saturated heterocycles. The molecular weight excluding hydrogens is 462 g/mol. The van der Waals surface area contributed by atoms with Crippen LogP contribution >= 0.6 is 11.6 Å². The lowest BCUT2D eigenvalue weighted by Gasteiger charge is -2.32. The number of fused-ring (bicyclic) bond motifs is 1. The number of rotatable bonds is 7. The summed E-state index contributed by atoms with van der Waals surface area (Å²) in [7, 11) is 1.65. The summed E-state index contributed by atoms with van der Waals surface area (Å²) >= 11 is 6.58. The molecule has 1 aliphatic rings. The largest absolute Gasteiger partial charge is 0.497 e. The van der Waals surface area contributed by atoms with E-state index in [4.69, 9.17) is 16.3 Å². The van der Waals surface area contributed by atoms with Gasteiger partial charge in [-0.05, 0) is 47.7 Å². The number of hydrogen-bond acceptors (Lipinski definition) is 5. The fraction of sp³-hybridized carbons (Fsp3) is 0.222. The van der Waals surface area contributed by atoms with E-state index in [0.717, 1.165) is 22.4 Å². The predicted octanol–water partition coefficient (Wildman–Crippen LogP) is 5.66. The van der Waals surface area contributed by atoms with Crippen molar-refractivity contribution < 1.29 is 9.53 Å². The Morgan fingerprint density at radius 3 is 2.57 bits per heavy atom. The van der Waals surface area contributed by atoms with Crippen LogP contribution in [0.25, 0.3) is 0 Å². The number of anilines is 2. The molecule has 0 bridgehead atoms. The number of aryl methyl sites for hydroxylation is 1. The lowest BCUT2D eigenvalue weighted by Crippen LogP contribution is -2.28. The molecule has 2 N–H and O–H groups in total. The van der Waals surface area contributed by atoms with E-state index in [1.54, 1.807) is 7.11 Å². The number of benzene rings is 3. The molecule has 2 atom stereocenters. The predicted molar refractivity (Wildman–Crippen MR) is 137 cm³/mol. The number of ether oxygens (including phenoxy) is 1. The van der Waals surface area contributed by atoms with Crippen molar-refractivity contribution in [3.63, 3.8) is 0 Å². The third-order valence-corrected chi connectivity index (χ3v) is 6.55. The fourth-order valence-electron chi connectivity index (χ4n) is 4.38. The van der Waals surface area contributed by atoms with Crippen molar-refractivity contribution >= 4 is 29.4 Å². The quantitative estimate of drug-likeness (QED) is 0.351. The second-order valence-corrected chi connectivity index (χ2v) is 8.89. The topological polar surface area (TPSA) is 81.1 Å². The van der Waals surface area contributed by atoms with Crippen molar-refractivity contribution in [2.75, 3.05) is 17.7 Å². The van der Waals surface area contributed by atoms with Gasteiger partial charge in [-0.2, -0.15) is 4.98 Å². The summed E-state index contributed by atoms with van der Waals surface area (Å²) in [6.45, 7) is 0. The number of methoxy groups -OCH3 is 1. The van der Waals surface area contributed by atoms with E-state index >= 15 is 0 Å². The number of halogens is 1. The van der Waals surface area contributed by atoms with E-state index in [-0.39, 0.29) is 23.9 Å². The minimum absolute atomic E-state index is 0.0134. The minimum atomic E-state index is -0.144. The lowest BCUT2D eigenvalue weighted by atomic mass is 9.93. The summed E-state index contributed by atoms with van der Waals surface area (Å²) in [4.78, 5) is 17.2. The second-order valence-electron chi connectivity index (χ2n) is 8.48. The normalized spacial score (nSPS) is 16.7. The fourth-order valence-corrected chi connectivity index (χ4v) is 4.64. The third kappa shape index (κ3) is 5.15. The molecule has 4 aromatic rings. The summed E-state index contributed by atoms with van der Waals surface area (Å²) in [5.74, 6) is 1.53. The summed E-state index contributed by atoms with van der Waals surface area (Å²) in [6.07, 6.45) is 1.72. The van der Waals surface area contributed by atoms with Gasteiger partial charge >= 0.3 is 0 Å². The van der Waals surface area contributed by atoms with Crippen molar-refractivity contribution in [1.82, 2.24) is 14.8 Å². The molecule has 0 radical (unpaired) electrons. The molecule has 1 aliphatic heterocycles. The van der Waals surface area contributed by atoms with Crippen LogP contribution in [0.3, 0.4) is 0 Å². The number of aromatic nitrogens is 3. The highest BCUT2D eigenvalue weighted by molar-refractivity contribution is 6.31. The van der Waals surface area contributed by atoms with Crippen molar-refractivity contribution in [1.29, 1.82) is 0 Å². The van der Waals surface area contributed by atoms with Crippen LogP contribution in [0.2, 0.25) is 5.02 Å². The van der Waals surface area contributed by atoms with Gasteiger partial charge in [-0.15, -0.1) is 5.10 Å². The lowest BCUT2D eigenvalue weighted by molar-refractivity contribution is -0.116. The highest BCUT2D eigenvalue weighted by atomic mass is 35.5. The summed E-state index contributed by atoms with van der Waals surface area (Å²) in [5.41, 5.74) is 3.18. The van der Waals surface area contributed by atoms with Crippen molar-refractivity contribution in [3.05, 3.63) is 101 Å². The molecule has 3 aromatic carbocycles. The number of carbonyl (C=O) groups is 1.